The molecule has 1 aliphatic heterocycles. The minimum absolute atomic E-state index is 0. The molecule has 1 saturated heterocycles. The molecule has 5 atom stereocenters. The van der Waals surface area contributed by atoms with Gasteiger partial charge in [-0.1, -0.05) is 12.1 Å². The number of ether oxygens (including phenoxy) is 1. The second kappa shape index (κ2) is 12.8. The molecule has 0 aromatic heterocycles. The fraction of sp³-hybridized carbons (Fsp3) is 0.625. The molecule has 162 valence electrons. The number of hydrogen-bond donors (Lipinski definition) is 7. The molecule has 8 N–H and O–H groups in total. The maximum atomic E-state index is 10.0. The van der Waals surface area contributed by atoms with E-state index in [4.69, 9.17) is 19.9 Å². The van der Waals surface area contributed by atoms with E-state index >= 15 is 0 Å². The van der Waals surface area contributed by atoms with Gasteiger partial charge in [0.15, 0.2) is 6.29 Å². The molecule has 1 aromatic rings. The third-order valence-corrected chi connectivity index (χ3v) is 4.79. The van der Waals surface area contributed by atoms with E-state index in [2.05, 4.69) is 10.8 Å². The molecule has 12 heteroatoms. The lowest BCUT2D eigenvalue weighted by atomic mass is 9.98. The van der Waals surface area contributed by atoms with Crippen LogP contribution in [-0.2, 0) is 15.6 Å². The summed E-state index contributed by atoms with van der Waals surface area (Å²) >= 11 is 0.944. The van der Waals surface area contributed by atoms with E-state index in [0.29, 0.717) is 6.54 Å². The third-order valence-electron chi connectivity index (χ3n) is 4.18. The summed E-state index contributed by atoms with van der Waals surface area (Å²) in [7, 11) is 1.79. The van der Waals surface area contributed by atoms with Crippen LogP contribution in [0.25, 0.3) is 0 Å². The number of rotatable bonds is 10. The Morgan fingerprint density at radius 1 is 1.21 bits per heavy atom. The van der Waals surface area contributed by atoms with Gasteiger partial charge in [0.1, 0.15) is 36.6 Å². The molecule has 0 amide bonds. The summed E-state index contributed by atoms with van der Waals surface area (Å²) < 4.78 is 12.0. The van der Waals surface area contributed by atoms with Crippen LogP contribution in [0.3, 0.4) is 0 Å². The maximum absolute atomic E-state index is 10.0. The molecule has 1 fully saturated rings. The Labute approximate surface area is 175 Å². The molecule has 2 rings (SSSR count). The first-order chi connectivity index (χ1) is 13.0. The second-order valence-electron chi connectivity index (χ2n) is 6.16. The summed E-state index contributed by atoms with van der Waals surface area (Å²) in [4.78, 5) is 0. The maximum Gasteiger partial charge on any atom is 0.175 e. The number of nitrogens with two attached hydrogens (primary N) is 1. The quantitative estimate of drug-likeness (QED) is 0.0955. The Morgan fingerprint density at radius 2 is 1.89 bits per heavy atom. The van der Waals surface area contributed by atoms with Crippen molar-refractivity contribution in [1.29, 1.82) is 0 Å². The first-order valence-electron chi connectivity index (χ1n) is 8.61. The SMILES string of the molecule is CN(SONC1C(O)OC(CO)C(O)C1O)c1ccc(CNCCN)cc1.S. The number of hydroxylamine groups is 1. The van der Waals surface area contributed by atoms with Crippen LogP contribution < -0.4 is 20.8 Å². The summed E-state index contributed by atoms with van der Waals surface area (Å²) in [6, 6.07) is 6.76. The normalized spacial score (nSPS) is 27.3. The van der Waals surface area contributed by atoms with Gasteiger partial charge < -0.3 is 36.2 Å². The monoisotopic (exact) mass is 438 g/mol. The minimum Gasteiger partial charge on any atom is -0.394 e. The van der Waals surface area contributed by atoms with E-state index in [1.54, 1.807) is 11.4 Å². The van der Waals surface area contributed by atoms with Crippen LogP contribution in [-0.4, -0.2) is 77.8 Å². The summed E-state index contributed by atoms with van der Waals surface area (Å²) in [6.07, 6.45) is -5.20. The zero-order chi connectivity index (χ0) is 19.8. The van der Waals surface area contributed by atoms with Gasteiger partial charge >= 0.3 is 0 Å². The molecule has 1 aromatic carbocycles. The molecule has 28 heavy (non-hydrogen) atoms. The Hall–Kier alpha value is -0.640. The van der Waals surface area contributed by atoms with Gasteiger partial charge in [0, 0.05) is 32.4 Å². The smallest absolute Gasteiger partial charge is 0.175 e. The summed E-state index contributed by atoms with van der Waals surface area (Å²) in [6.45, 7) is 1.57. The van der Waals surface area contributed by atoms with Crippen molar-refractivity contribution < 1.29 is 29.4 Å². The first-order valence-corrected chi connectivity index (χ1v) is 9.31. The van der Waals surface area contributed by atoms with Gasteiger partial charge in [-0.25, -0.2) is 4.28 Å². The van der Waals surface area contributed by atoms with Crippen LogP contribution in [0.4, 0.5) is 5.69 Å². The molecule has 10 nitrogen and oxygen atoms in total. The zero-order valence-electron chi connectivity index (χ0n) is 15.6. The molecular formula is C16H30N4O6S2. The lowest BCUT2D eigenvalue weighted by Gasteiger charge is -2.39. The number of anilines is 1. The van der Waals surface area contributed by atoms with Crippen molar-refractivity contribution in [2.24, 2.45) is 5.73 Å². The zero-order valence-corrected chi connectivity index (χ0v) is 17.4. The Balaban J connectivity index is 0.00000392. The number of hydrogen-bond acceptors (Lipinski definition) is 11. The van der Waals surface area contributed by atoms with E-state index in [1.807, 2.05) is 24.3 Å². The van der Waals surface area contributed by atoms with Crippen LogP contribution in [0.5, 0.6) is 0 Å². The average Bonchev–Trinajstić information content (AvgIpc) is 2.68. The minimum atomic E-state index is -1.44. The summed E-state index contributed by atoms with van der Waals surface area (Å²) in [5.74, 6) is 0. The molecule has 1 aliphatic rings. The Morgan fingerprint density at radius 3 is 2.50 bits per heavy atom. The van der Waals surface area contributed by atoms with Crippen molar-refractivity contribution in [3.8, 4) is 0 Å². The lowest BCUT2D eigenvalue weighted by molar-refractivity contribution is -0.263. The van der Waals surface area contributed by atoms with Crippen molar-refractivity contribution in [3.63, 3.8) is 0 Å². The molecule has 1 heterocycles. The molecule has 0 saturated carbocycles. The number of benzene rings is 1. The fourth-order valence-corrected chi connectivity index (χ4v) is 3.03. The van der Waals surface area contributed by atoms with Gasteiger partial charge in [-0.2, -0.15) is 19.0 Å². The molecule has 5 unspecified atom stereocenters. The average molecular weight is 439 g/mol. The number of nitrogens with one attached hydrogen (secondary N) is 2. The lowest BCUT2D eigenvalue weighted by Crippen LogP contribution is -2.63. The van der Waals surface area contributed by atoms with E-state index in [-0.39, 0.29) is 13.5 Å². The highest BCUT2D eigenvalue weighted by Crippen LogP contribution is 2.23. The van der Waals surface area contributed by atoms with E-state index < -0.39 is 37.3 Å². The van der Waals surface area contributed by atoms with Crippen LogP contribution in [0.1, 0.15) is 5.56 Å². The van der Waals surface area contributed by atoms with Gasteiger partial charge in [-0.15, -0.1) is 0 Å². The van der Waals surface area contributed by atoms with Crippen molar-refractivity contribution in [2.45, 2.75) is 37.2 Å². The molecule has 0 radical (unpaired) electrons. The van der Waals surface area contributed by atoms with Crippen LogP contribution >= 0.6 is 25.7 Å². The van der Waals surface area contributed by atoms with Gasteiger partial charge in [0.25, 0.3) is 0 Å². The molecular weight excluding hydrogens is 408 g/mol. The number of aliphatic hydroxyl groups is 4. The van der Waals surface area contributed by atoms with Gasteiger partial charge in [-0.3, -0.25) is 4.31 Å². The van der Waals surface area contributed by atoms with Gasteiger partial charge in [-0.05, 0) is 17.7 Å². The number of aliphatic hydroxyl groups excluding tert-OH is 4. The van der Waals surface area contributed by atoms with Crippen LogP contribution in [0, 0.1) is 0 Å². The molecule has 0 aliphatic carbocycles. The predicted octanol–water partition coefficient (Wildman–Crippen LogP) is -1.83. The Bertz CT molecular complexity index is 558. The highest BCUT2D eigenvalue weighted by atomic mass is 32.2. The summed E-state index contributed by atoms with van der Waals surface area (Å²) in [5, 5.41) is 42.0. The topological polar surface area (TPSA) is 153 Å². The van der Waals surface area contributed by atoms with Crippen molar-refractivity contribution in [2.75, 3.05) is 31.0 Å². The van der Waals surface area contributed by atoms with E-state index in [0.717, 1.165) is 36.6 Å². The largest absolute Gasteiger partial charge is 0.394 e. The molecule has 0 spiro atoms. The standard InChI is InChI=1S/C16H28N4O6S.H2S/c1-20(11-4-2-10(3-5-11)8-18-7-6-17)27-26-19-13-15(23)14(22)12(9-21)25-16(13)24;/h2-5,12-16,18-19,21-24H,6-9,17H2,1H3;1H2. The predicted molar refractivity (Wildman–Crippen MR) is 112 cm³/mol. The van der Waals surface area contributed by atoms with Crippen molar-refractivity contribution in [3.05, 3.63) is 29.8 Å². The second-order valence-corrected chi connectivity index (χ2v) is 7.02. The van der Waals surface area contributed by atoms with Gasteiger partial charge in [0.05, 0.1) is 6.61 Å². The number of nitrogens with zero attached hydrogens (tertiary/aromatic N) is 1. The third kappa shape index (κ3) is 7.00. The van der Waals surface area contributed by atoms with E-state index in [1.165, 1.54) is 0 Å². The highest BCUT2D eigenvalue weighted by molar-refractivity contribution is 7.96. The molecule has 0 bridgehead atoms. The first kappa shape index (κ1) is 25.4. The van der Waals surface area contributed by atoms with Gasteiger partial charge in [0.2, 0.25) is 0 Å². The fourth-order valence-electron chi connectivity index (χ4n) is 2.56. The van der Waals surface area contributed by atoms with Crippen molar-refractivity contribution >= 4 is 31.4 Å². The van der Waals surface area contributed by atoms with Crippen LogP contribution in [0.15, 0.2) is 24.3 Å². The van der Waals surface area contributed by atoms with Crippen LogP contribution in [0.2, 0.25) is 0 Å². The van der Waals surface area contributed by atoms with E-state index in [9.17, 15) is 15.3 Å². The van der Waals surface area contributed by atoms with Crippen molar-refractivity contribution in [1.82, 2.24) is 10.8 Å². The highest BCUT2D eigenvalue weighted by Gasteiger charge is 2.44. The summed E-state index contributed by atoms with van der Waals surface area (Å²) in [5.41, 5.74) is 9.92. The Kier molecular flexibility index (Phi) is 11.6.